The molecule has 2 aromatic heterocycles. The van der Waals surface area contributed by atoms with Crippen LogP contribution in [-0.4, -0.2) is 62.1 Å². The fraction of sp³-hybridized carbons (Fsp3) is 0.350. The first-order chi connectivity index (χ1) is 24.3. The molecule has 0 bridgehead atoms. The number of rotatable bonds is 6. The van der Waals surface area contributed by atoms with Crippen LogP contribution in [0, 0.1) is 29.6 Å². The summed E-state index contributed by atoms with van der Waals surface area (Å²) in [6.45, 7) is 3.83. The molecule has 7 atom stereocenters. The molecule has 4 heterocycles. The van der Waals surface area contributed by atoms with Crippen molar-refractivity contribution < 1.29 is 14.3 Å². The molecule has 3 unspecified atom stereocenters. The van der Waals surface area contributed by atoms with Gasteiger partial charge in [-0.05, 0) is 77.3 Å². The number of carbonyl (C=O) groups is 2. The first-order valence-corrected chi connectivity index (χ1v) is 17.6. The van der Waals surface area contributed by atoms with Gasteiger partial charge in [0.05, 0.1) is 35.2 Å². The first kappa shape index (κ1) is 29.5. The summed E-state index contributed by atoms with van der Waals surface area (Å²) in [5, 5.41) is 10.9. The standard InChI is InChI=1S/C40H37N7O3/c1-19(2)34(46-40(49)50-3)39(48)47-32(13-8-24-18-33(24)47)38-43-29-12-7-23-15-21(5-10-27(23)36(29)45-38)20-4-9-26-22(14-20)6-11-28-35(26)44-37(42-28)31-17-25-16-30(25)41-31/h4-7,9-12,14-15,19,24-25,30-34,41H,16-18H2,1-3H3,(H,42,44)(H,43,45)(H,46,49)/t24?,25?,30?,31-,32-,33+,34-/m0/s1. The van der Waals surface area contributed by atoms with E-state index in [1.54, 1.807) is 0 Å². The summed E-state index contributed by atoms with van der Waals surface area (Å²) >= 11 is 0. The molecule has 50 heavy (non-hydrogen) atoms. The van der Waals surface area contributed by atoms with Gasteiger partial charge >= 0.3 is 6.09 Å². The largest absolute Gasteiger partial charge is 0.453 e. The van der Waals surface area contributed by atoms with E-state index in [-0.39, 0.29) is 23.8 Å². The Balaban J connectivity index is 0.964. The number of aromatic nitrogens is 4. The molecule has 4 N–H and O–H groups in total. The highest BCUT2D eigenvalue weighted by Gasteiger charge is 2.51. The van der Waals surface area contributed by atoms with Gasteiger partial charge in [-0.1, -0.05) is 62.1 Å². The van der Waals surface area contributed by atoms with Gasteiger partial charge in [-0.15, -0.1) is 0 Å². The van der Waals surface area contributed by atoms with Crippen molar-refractivity contribution in [3.8, 4) is 23.0 Å². The molecule has 10 nitrogen and oxygen atoms in total. The van der Waals surface area contributed by atoms with Gasteiger partial charge in [0.25, 0.3) is 0 Å². The molecule has 1 saturated heterocycles. The Labute approximate surface area is 288 Å². The minimum absolute atomic E-state index is 0.00453. The van der Waals surface area contributed by atoms with E-state index in [1.165, 1.54) is 20.0 Å². The van der Waals surface area contributed by atoms with Crippen LogP contribution in [0.4, 0.5) is 4.79 Å². The Morgan fingerprint density at radius 3 is 2.14 bits per heavy atom. The molecule has 6 aromatic rings. The number of nitrogens with zero attached hydrogens (tertiary/aromatic N) is 3. The van der Waals surface area contributed by atoms with Gasteiger partial charge in [0.2, 0.25) is 5.91 Å². The Kier molecular flexibility index (Phi) is 6.37. The number of ether oxygens (including phenoxy) is 1. The number of methoxy groups -OCH3 is 1. The second-order valence-corrected chi connectivity index (χ2v) is 14.8. The van der Waals surface area contributed by atoms with Crippen molar-refractivity contribution in [2.75, 3.05) is 7.11 Å². The van der Waals surface area contributed by atoms with Crippen molar-refractivity contribution in [1.82, 2.24) is 35.5 Å². The first-order valence-electron chi connectivity index (χ1n) is 17.6. The average molecular weight is 664 g/mol. The zero-order valence-electron chi connectivity index (χ0n) is 28.1. The van der Waals surface area contributed by atoms with Crippen molar-refractivity contribution in [2.45, 2.75) is 63.3 Å². The lowest BCUT2D eigenvalue weighted by molar-refractivity contribution is -0.137. The van der Waals surface area contributed by atoms with Crippen LogP contribution in [0.1, 0.15) is 56.8 Å². The van der Waals surface area contributed by atoms with Crippen LogP contribution < -0.4 is 10.6 Å². The monoisotopic (exact) mass is 663 g/mol. The number of H-pyrrole nitrogens is 2. The van der Waals surface area contributed by atoms with Gasteiger partial charge in [0, 0.05) is 28.8 Å². The number of amides is 2. The molecule has 250 valence electrons. The quantitative estimate of drug-likeness (QED) is 0.151. The number of fused-ring (bicyclic) bond motifs is 8. The predicted octanol–water partition coefficient (Wildman–Crippen LogP) is 6.49. The fourth-order valence-corrected chi connectivity index (χ4v) is 8.27. The Morgan fingerprint density at radius 2 is 1.52 bits per heavy atom. The van der Waals surface area contributed by atoms with E-state index in [0.717, 1.165) is 72.9 Å². The van der Waals surface area contributed by atoms with Gasteiger partial charge in [-0.25, -0.2) is 14.8 Å². The molecule has 0 radical (unpaired) electrons. The molecule has 2 amide bonds. The third-order valence-corrected chi connectivity index (χ3v) is 11.2. The van der Waals surface area contributed by atoms with E-state index in [2.05, 4.69) is 87.0 Å². The van der Waals surface area contributed by atoms with Crippen molar-refractivity contribution >= 4 is 55.6 Å². The number of nitrogens with one attached hydrogen (secondary N) is 4. The minimum atomic E-state index is -0.729. The Morgan fingerprint density at radius 1 is 0.860 bits per heavy atom. The van der Waals surface area contributed by atoms with Gasteiger partial charge < -0.3 is 30.2 Å². The van der Waals surface area contributed by atoms with Gasteiger partial charge in [0.1, 0.15) is 17.7 Å². The molecule has 2 saturated carbocycles. The number of benzene rings is 4. The summed E-state index contributed by atoms with van der Waals surface area (Å²) in [5.74, 6) is 9.00. The van der Waals surface area contributed by atoms with Crippen LogP contribution in [0.25, 0.3) is 54.7 Å². The highest BCUT2D eigenvalue weighted by atomic mass is 16.5. The topological polar surface area (TPSA) is 128 Å². The van der Waals surface area contributed by atoms with E-state index < -0.39 is 18.2 Å². The maximum absolute atomic E-state index is 14.0. The van der Waals surface area contributed by atoms with E-state index in [1.807, 2.05) is 24.8 Å². The summed E-state index contributed by atoms with van der Waals surface area (Å²) < 4.78 is 4.82. The number of carbonyl (C=O) groups excluding carboxylic acids is 2. The maximum atomic E-state index is 14.0. The Hall–Kier alpha value is -5.40. The van der Waals surface area contributed by atoms with Gasteiger partial charge in [0.15, 0.2) is 6.04 Å². The number of alkyl carbamates (subject to hydrolysis) is 1. The normalized spacial score (nSPS) is 25.4. The molecule has 10 heteroatoms. The summed E-state index contributed by atoms with van der Waals surface area (Å²) in [6.07, 6.45) is 2.67. The summed E-state index contributed by atoms with van der Waals surface area (Å²) in [7, 11) is 1.30. The minimum Gasteiger partial charge on any atom is -0.453 e. The zero-order valence-corrected chi connectivity index (χ0v) is 28.1. The van der Waals surface area contributed by atoms with Crippen molar-refractivity contribution in [2.24, 2.45) is 17.8 Å². The van der Waals surface area contributed by atoms with Crippen LogP contribution >= 0.6 is 0 Å². The number of hydrogen-bond donors (Lipinski definition) is 4. The smallest absolute Gasteiger partial charge is 0.407 e. The SMILES string of the molecule is COC(=O)N[C@H](C(=O)N1[C@@H]2CC2C#C[C@H]1c1nc2c(ccc3cc(-c4ccc5c(ccc6[nH]c([C@@H]7CC8CC8N7)nc65)c4)ccc32)[nH]1)C(C)C. The lowest BCUT2D eigenvalue weighted by Gasteiger charge is -2.34. The van der Waals surface area contributed by atoms with Crippen LogP contribution in [0.2, 0.25) is 0 Å². The molecule has 3 fully saturated rings. The highest BCUT2D eigenvalue weighted by molar-refractivity contribution is 6.07. The highest BCUT2D eigenvalue weighted by Crippen LogP contribution is 2.46. The second-order valence-electron chi connectivity index (χ2n) is 14.8. The van der Waals surface area contributed by atoms with Crippen LogP contribution in [0.3, 0.4) is 0 Å². The molecular weight excluding hydrogens is 626 g/mol. The van der Waals surface area contributed by atoms with Crippen LogP contribution in [0.5, 0.6) is 0 Å². The van der Waals surface area contributed by atoms with Crippen molar-refractivity contribution in [3.05, 3.63) is 72.3 Å². The molecule has 4 aromatic carbocycles. The molecule has 10 rings (SSSR count). The van der Waals surface area contributed by atoms with E-state index in [9.17, 15) is 9.59 Å². The number of piperidine rings is 1. The van der Waals surface area contributed by atoms with Gasteiger partial charge in [-0.3, -0.25) is 4.79 Å². The average Bonchev–Trinajstić information content (AvgIpc) is 3.88. The van der Waals surface area contributed by atoms with Gasteiger partial charge in [-0.2, -0.15) is 0 Å². The molecule has 0 spiro atoms. The lowest BCUT2D eigenvalue weighted by Crippen LogP contribution is -2.53. The van der Waals surface area contributed by atoms with E-state index in [4.69, 9.17) is 14.7 Å². The van der Waals surface area contributed by atoms with E-state index >= 15 is 0 Å². The van der Waals surface area contributed by atoms with E-state index in [0.29, 0.717) is 17.9 Å². The van der Waals surface area contributed by atoms with Crippen molar-refractivity contribution in [1.29, 1.82) is 0 Å². The zero-order chi connectivity index (χ0) is 33.8. The summed E-state index contributed by atoms with van der Waals surface area (Å²) in [5.41, 5.74) is 6.10. The molecule has 2 aliphatic heterocycles. The molecule has 4 aliphatic rings. The fourth-order valence-electron chi connectivity index (χ4n) is 8.27. The van der Waals surface area contributed by atoms with Crippen LogP contribution in [-0.2, 0) is 9.53 Å². The summed E-state index contributed by atoms with van der Waals surface area (Å²) in [4.78, 5) is 45.1. The number of hydrogen-bond acceptors (Lipinski definition) is 6. The number of imidazole rings is 2. The lowest BCUT2D eigenvalue weighted by atomic mass is 9.98. The number of aromatic amines is 2. The third-order valence-electron chi connectivity index (χ3n) is 11.2. The third kappa shape index (κ3) is 4.67. The second kappa shape index (κ2) is 10.8. The van der Waals surface area contributed by atoms with Crippen molar-refractivity contribution in [3.63, 3.8) is 0 Å². The maximum Gasteiger partial charge on any atom is 0.407 e. The predicted molar refractivity (Wildman–Crippen MR) is 192 cm³/mol. The molecule has 2 aliphatic carbocycles. The van der Waals surface area contributed by atoms with Crippen LogP contribution in [0.15, 0.2) is 60.7 Å². The Bertz CT molecular complexity index is 2460. The summed E-state index contributed by atoms with van der Waals surface area (Å²) in [6, 6.07) is 21.3. The molecular formula is C40H37N7O3.